The molecule has 0 saturated carbocycles. The van der Waals surface area contributed by atoms with Gasteiger partial charge in [-0.25, -0.2) is 0 Å². The average molecular weight is 255 g/mol. The van der Waals surface area contributed by atoms with Gasteiger partial charge in [0.05, 0.1) is 6.20 Å². The number of nitrogens with one attached hydrogen (secondary N) is 1. The van der Waals surface area contributed by atoms with Crippen LogP contribution in [0.5, 0.6) is 0 Å². The maximum Gasteiger partial charge on any atom is 0.251 e. The Labute approximate surface area is 112 Å². The summed E-state index contributed by atoms with van der Waals surface area (Å²) in [5.74, 6) is -0.0697. The minimum atomic E-state index is -0.0697. The van der Waals surface area contributed by atoms with Gasteiger partial charge < -0.3 is 5.32 Å². The summed E-state index contributed by atoms with van der Waals surface area (Å²) in [6.07, 6.45) is 7.84. The van der Waals surface area contributed by atoms with Crippen molar-refractivity contribution in [1.82, 2.24) is 15.1 Å². The lowest BCUT2D eigenvalue weighted by Crippen LogP contribution is -2.17. The van der Waals surface area contributed by atoms with E-state index in [0.717, 1.165) is 17.7 Å². The molecule has 4 heteroatoms. The number of aromatic nitrogens is 2. The second-order valence-corrected chi connectivity index (χ2v) is 4.16. The highest BCUT2D eigenvalue weighted by Gasteiger charge is 2.00. The molecule has 0 atom stereocenters. The zero-order valence-electron chi connectivity index (χ0n) is 11.1. The van der Waals surface area contributed by atoms with Crippen molar-refractivity contribution in [2.75, 3.05) is 7.05 Å². The maximum absolute atomic E-state index is 11.4. The summed E-state index contributed by atoms with van der Waals surface area (Å²) in [7, 11) is 1.63. The molecular formula is C15H17N3O. The molecule has 2 aromatic rings. The lowest BCUT2D eigenvalue weighted by Gasteiger charge is -1.99. The molecule has 0 radical (unpaired) electrons. The Hall–Kier alpha value is -2.36. The molecule has 0 fully saturated rings. The van der Waals surface area contributed by atoms with Crippen LogP contribution in [-0.2, 0) is 6.54 Å². The lowest BCUT2D eigenvalue weighted by atomic mass is 10.1. The molecule has 4 nitrogen and oxygen atoms in total. The van der Waals surface area contributed by atoms with E-state index >= 15 is 0 Å². The first-order valence-electron chi connectivity index (χ1n) is 6.25. The van der Waals surface area contributed by atoms with Gasteiger partial charge in [0.1, 0.15) is 0 Å². The van der Waals surface area contributed by atoms with Crippen molar-refractivity contribution in [3.8, 4) is 0 Å². The third kappa shape index (κ3) is 3.31. The van der Waals surface area contributed by atoms with Crippen molar-refractivity contribution in [3.63, 3.8) is 0 Å². The van der Waals surface area contributed by atoms with Gasteiger partial charge in [-0.3, -0.25) is 9.48 Å². The molecule has 98 valence electrons. The molecule has 0 unspecified atom stereocenters. The van der Waals surface area contributed by atoms with Gasteiger partial charge in [0.2, 0.25) is 0 Å². The second kappa shape index (κ2) is 6.00. The Morgan fingerprint density at radius 3 is 2.53 bits per heavy atom. The number of benzene rings is 1. The zero-order valence-corrected chi connectivity index (χ0v) is 11.1. The number of hydrogen-bond acceptors (Lipinski definition) is 2. The van der Waals surface area contributed by atoms with E-state index in [4.69, 9.17) is 0 Å². The van der Waals surface area contributed by atoms with Crippen molar-refractivity contribution in [1.29, 1.82) is 0 Å². The van der Waals surface area contributed by atoms with Gasteiger partial charge in [-0.15, -0.1) is 0 Å². The average Bonchev–Trinajstić information content (AvgIpc) is 2.93. The summed E-state index contributed by atoms with van der Waals surface area (Å²) in [4.78, 5) is 11.4. The van der Waals surface area contributed by atoms with Gasteiger partial charge in [-0.1, -0.05) is 24.3 Å². The Kier molecular flexibility index (Phi) is 4.13. The van der Waals surface area contributed by atoms with Crippen LogP contribution in [0.4, 0.5) is 0 Å². The highest BCUT2D eigenvalue weighted by atomic mass is 16.1. The van der Waals surface area contributed by atoms with Crippen LogP contribution < -0.4 is 5.32 Å². The van der Waals surface area contributed by atoms with Gasteiger partial charge in [-0.2, -0.15) is 5.10 Å². The van der Waals surface area contributed by atoms with Crippen molar-refractivity contribution in [2.24, 2.45) is 0 Å². The highest BCUT2D eigenvalue weighted by Crippen LogP contribution is 2.09. The largest absolute Gasteiger partial charge is 0.355 e. The van der Waals surface area contributed by atoms with Crippen molar-refractivity contribution < 1.29 is 4.79 Å². The minimum absolute atomic E-state index is 0.0697. The molecule has 1 N–H and O–H groups in total. The first-order chi connectivity index (χ1) is 9.22. The summed E-state index contributed by atoms with van der Waals surface area (Å²) >= 11 is 0. The van der Waals surface area contributed by atoms with Crippen LogP contribution in [0.25, 0.3) is 12.2 Å². The first kappa shape index (κ1) is 13.1. The van der Waals surface area contributed by atoms with Crippen LogP contribution >= 0.6 is 0 Å². The number of nitrogens with zero attached hydrogens (tertiary/aromatic N) is 2. The third-order valence-corrected chi connectivity index (χ3v) is 2.85. The number of carbonyl (C=O) groups excluding carboxylic acids is 1. The van der Waals surface area contributed by atoms with Gasteiger partial charge in [0.15, 0.2) is 0 Å². The van der Waals surface area contributed by atoms with Gasteiger partial charge >= 0.3 is 0 Å². The van der Waals surface area contributed by atoms with Gasteiger partial charge in [-0.05, 0) is 24.6 Å². The van der Waals surface area contributed by atoms with Gasteiger partial charge in [0.25, 0.3) is 5.91 Å². The summed E-state index contributed by atoms with van der Waals surface area (Å²) < 4.78 is 1.88. The maximum atomic E-state index is 11.4. The molecule has 1 heterocycles. The summed E-state index contributed by atoms with van der Waals surface area (Å²) in [5.41, 5.74) is 2.78. The molecular weight excluding hydrogens is 238 g/mol. The standard InChI is InChI=1S/C15H17N3O/c1-3-18-11-13(10-17-18)5-4-12-6-8-14(9-7-12)15(19)16-2/h4-11H,3H2,1-2H3,(H,16,19)/b5-4+. The van der Waals surface area contributed by atoms with E-state index in [1.807, 2.05) is 53.5 Å². The van der Waals surface area contributed by atoms with E-state index < -0.39 is 0 Å². The van der Waals surface area contributed by atoms with E-state index in [9.17, 15) is 4.79 Å². The van der Waals surface area contributed by atoms with E-state index in [2.05, 4.69) is 17.3 Å². The van der Waals surface area contributed by atoms with Gasteiger partial charge in [0, 0.05) is 30.9 Å². The fraction of sp³-hybridized carbons (Fsp3) is 0.200. The molecule has 1 aromatic carbocycles. The summed E-state index contributed by atoms with van der Waals surface area (Å²) in [5, 5.41) is 6.81. The van der Waals surface area contributed by atoms with Crippen LogP contribution in [0.15, 0.2) is 36.7 Å². The summed E-state index contributed by atoms with van der Waals surface area (Å²) in [6.45, 7) is 2.92. The molecule has 0 aliphatic carbocycles. The van der Waals surface area contributed by atoms with Crippen molar-refractivity contribution >= 4 is 18.1 Å². The van der Waals surface area contributed by atoms with Crippen LogP contribution in [0.1, 0.15) is 28.4 Å². The van der Waals surface area contributed by atoms with E-state index in [1.165, 1.54) is 0 Å². The zero-order chi connectivity index (χ0) is 13.7. The third-order valence-electron chi connectivity index (χ3n) is 2.85. The smallest absolute Gasteiger partial charge is 0.251 e. The highest BCUT2D eigenvalue weighted by molar-refractivity contribution is 5.94. The fourth-order valence-corrected chi connectivity index (χ4v) is 1.72. The predicted molar refractivity (Wildman–Crippen MR) is 76.7 cm³/mol. The number of carbonyl (C=O) groups is 1. The van der Waals surface area contributed by atoms with E-state index in [1.54, 1.807) is 7.05 Å². The van der Waals surface area contributed by atoms with Crippen molar-refractivity contribution in [3.05, 3.63) is 53.3 Å². The molecule has 0 bridgehead atoms. The Balaban J connectivity index is 2.08. The van der Waals surface area contributed by atoms with Crippen LogP contribution in [0.2, 0.25) is 0 Å². The number of aryl methyl sites for hydroxylation is 1. The Morgan fingerprint density at radius 1 is 1.26 bits per heavy atom. The minimum Gasteiger partial charge on any atom is -0.355 e. The van der Waals surface area contributed by atoms with Crippen LogP contribution in [0, 0.1) is 0 Å². The monoisotopic (exact) mass is 255 g/mol. The normalized spacial score (nSPS) is 10.8. The Bertz CT molecular complexity index is 582. The number of rotatable bonds is 4. The lowest BCUT2D eigenvalue weighted by molar-refractivity contribution is 0.0963. The fourth-order valence-electron chi connectivity index (χ4n) is 1.72. The van der Waals surface area contributed by atoms with Crippen molar-refractivity contribution in [2.45, 2.75) is 13.5 Å². The van der Waals surface area contributed by atoms with Crippen LogP contribution in [-0.4, -0.2) is 22.7 Å². The SMILES string of the molecule is CCn1cc(/C=C/c2ccc(C(=O)NC)cc2)cn1. The molecule has 0 saturated heterocycles. The molecule has 1 aromatic heterocycles. The van der Waals surface area contributed by atoms with E-state index in [-0.39, 0.29) is 5.91 Å². The predicted octanol–water partition coefficient (Wildman–Crippen LogP) is 2.43. The Morgan fingerprint density at radius 2 is 1.95 bits per heavy atom. The topological polar surface area (TPSA) is 46.9 Å². The second-order valence-electron chi connectivity index (χ2n) is 4.16. The molecule has 19 heavy (non-hydrogen) atoms. The molecule has 1 amide bonds. The summed E-state index contributed by atoms with van der Waals surface area (Å²) in [6, 6.07) is 7.47. The molecule has 0 aliphatic rings. The quantitative estimate of drug-likeness (QED) is 0.912. The first-order valence-corrected chi connectivity index (χ1v) is 6.25. The molecule has 0 aliphatic heterocycles. The molecule has 0 spiro atoms. The van der Waals surface area contributed by atoms with E-state index in [0.29, 0.717) is 5.56 Å². The number of amides is 1. The molecule has 2 rings (SSSR count). The number of hydrogen-bond donors (Lipinski definition) is 1. The van der Waals surface area contributed by atoms with Crippen LogP contribution in [0.3, 0.4) is 0 Å².